The van der Waals surface area contributed by atoms with E-state index < -0.39 is 17.9 Å². The van der Waals surface area contributed by atoms with E-state index in [2.05, 4.69) is 4.74 Å². The summed E-state index contributed by atoms with van der Waals surface area (Å²) in [5.41, 5.74) is 0.444. The number of ether oxygens (including phenoxy) is 1. The van der Waals surface area contributed by atoms with Crippen molar-refractivity contribution in [3.63, 3.8) is 0 Å². The molecule has 0 saturated carbocycles. The molecule has 0 bridgehead atoms. The molecule has 0 radical (unpaired) electrons. The fourth-order valence-electron chi connectivity index (χ4n) is 1.66. The first-order valence-corrected chi connectivity index (χ1v) is 6.37. The standard InChI is InChI=1S/C14H7Cl2F3O2/c15-10-5-9(6-11(16)7-10)13(20)8-1-3-12(4-2-8)21-14(17,18)19/h1-7H. The maximum atomic E-state index is 12.2. The molecule has 0 aromatic heterocycles. The Morgan fingerprint density at radius 1 is 0.905 bits per heavy atom. The van der Waals surface area contributed by atoms with Crippen LogP contribution in [0.15, 0.2) is 42.5 Å². The van der Waals surface area contributed by atoms with Crippen molar-refractivity contribution >= 4 is 29.0 Å². The second kappa shape index (κ2) is 5.95. The van der Waals surface area contributed by atoms with Crippen LogP contribution in [0, 0.1) is 0 Å². The highest BCUT2D eigenvalue weighted by molar-refractivity contribution is 6.35. The molecule has 21 heavy (non-hydrogen) atoms. The van der Waals surface area contributed by atoms with Gasteiger partial charge in [0.2, 0.25) is 0 Å². The number of hydrogen-bond donors (Lipinski definition) is 0. The molecule has 110 valence electrons. The minimum atomic E-state index is -4.77. The van der Waals surface area contributed by atoms with Crippen LogP contribution in [-0.2, 0) is 0 Å². The lowest BCUT2D eigenvalue weighted by Gasteiger charge is -2.09. The Morgan fingerprint density at radius 2 is 1.43 bits per heavy atom. The van der Waals surface area contributed by atoms with E-state index >= 15 is 0 Å². The Morgan fingerprint density at radius 3 is 1.90 bits per heavy atom. The maximum absolute atomic E-state index is 12.2. The molecule has 0 aliphatic heterocycles. The monoisotopic (exact) mass is 334 g/mol. The summed E-state index contributed by atoms with van der Waals surface area (Å²) >= 11 is 11.6. The number of halogens is 5. The highest BCUT2D eigenvalue weighted by Gasteiger charge is 2.31. The van der Waals surface area contributed by atoms with Crippen LogP contribution < -0.4 is 4.74 Å². The quantitative estimate of drug-likeness (QED) is 0.728. The van der Waals surface area contributed by atoms with Crippen LogP contribution in [0.2, 0.25) is 10.0 Å². The van der Waals surface area contributed by atoms with Crippen molar-refractivity contribution in [3.8, 4) is 5.75 Å². The normalized spacial score (nSPS) is 11.3. The fraction of sp³-hybridized carbons (Fsp3) is 0.0714. The first-order valence-electron chi connectivity index (χ1n) is 5.61. The number of ketones is 1. The molecule has 2 nitrogen and oxygen atoms in total. The topological polar surface area (TPSA) is 26.3 Å². The van der Waals surface area contributed by atoms with E-state index in [1.54, 1.807) is 0 Å². The van der Waals surface area contributed by atoms with E-state index in [-0.39, 0.29) is 11.1 Å². The molecule has 2 aromatic rings. The van der Waals surface area contributed by atoms with Gasteiger partial charge in [-0.25, -0.2) is 0 Å². The van der Waals surface area contributed by atoms with Gasteiger partial charge in [-0.1, -0.05) is 23.2 Å². The first kappa shape index (κ1) is 15.7. The number of benzene rings is 2. The predicted molar refractivity (Wildman–Crippen MR) is 73.0 cm³/mol. The average Bonchev–Trinajstić information content (AvgIpc) is 2.35. The van der Waals surface area contributed by atoms with E-state index in [0.29, 0.717) is 10.0 Å². The zero-order valence-corrected chi connectivity index (χ0v) is 11.8. The third kappa shape index (κ3) is 4.37. The van der Waals surface area contributed by atoms with Crippen molar-refractivity contribution in [3.05, 3.63) is 63.6 Å². The summed E-state index contributed by atoms with van der Waals surface area (Å²) in [5.74, 6) is -0.805. The second-order valence-electron chi connectivity index (χ2n) is 4.06. The van der Waals surface area contributed by atoms with Crippen LogP contribution in [0.5, 0.6) is 5.75 Å². The summed E-state index contributed by atoms with van der Waals surface area (Å²) in [5, 5.41) is 0.589. The van der Waals surface area contributed by atoms with Crippen molar-refractivity contribution in [2.45, 2.75) is 6.36 Å². The third-order valence-electron chi connectivity index (χ3n) is 2.47. The van der Waals surface area contributed by atoms with E-state index in [0.717, 1.165) is 12.1 Å². The van der Waals surface area contributed by atoms with Gasteiger partial charge in [-0.2, -0.15) is 0 Å². The van der Waals surface area contributed by atoms with Crippen LogP contribution in [0.3, 0.4) is 0 Å². The van der Waals surface area contributed by atoms with Gasteiger partial charge < -0.3 is 4.74 Å². The largest absolute Gasteiger partial charge is 0.573 e. The molecule has 0 unspecified atom stereocenters. The molecule has 2 rings (SSSR count). The van der Waals surface area contributed by atoms with Gasteiger partial charge in [-0.15, -0.1) is 13.2 Å². The van der Waals surface area contributed by atoms with Gasteiger partial charge in [-0.05, 0) is 42.5 Å². The van der Waals surface area contributed by atoms with Gasteiger partial charge in [-0.3, -0.25) is 4.79 Å². The van der Waals surface area contributed by atoms with Crippen molar-refractivity contribution in [1.82, 2.24) is 0 Å². The molecule has 0 fully saturated rings. The van der Waals surface area contributed by atoms with E-state index in [1.807, 2.05) is 0 Å². The Balaban J connectivity index is 2.24. The molecule has 2 aromatic carbocycles. The van der Waals surface area contributed by atoms with Crippen LogP contribution in [0.25, 0.3) is 0 Å². The van der Waals surface area contributed by atoms with Gasteiger partial charge >= 0.3 is 6.36 Å². The lowest BCUT2D eigenvalue weighted by atomic mass is 10.0. The molecule has 0 saturated heterocycles. The Hall–Kier alpha value is -1.72. The molecule has 7 heteroatoms. The molecule has 0 atom stereocenters. The zero-order valence-electron chi connectivity index (χ0n) is 10.2. The number of hydrogen-bond acceptors (Lipinski definition) is 2. The van der Waals surface area contributed by atoms with E-state index in [4.69, 9.17) is 23.2 Å². The van der Waals surface area contributed by atoms with E-state index in [1.165, 1.54) is 30.3 Å². The fourth-order valence-corrected chi connectivity index (χ4v) is 2.19. The van der Waals surface area contributed by atoms with Crippen LogP contribution in [0.4, 0.5) is 13.2 Å². The Labute approximate surface area is 128 Å². The van der Waals surface area contributed by atoms with Crippen LogP contribution in [0.1, 0.15) is 15.9 Å². The van der Waals surface area contributed by atoms with Crippen molar-refractivity contribution in [2.75, 3.05) is 0 Å². The lowest BCUT2D eigenvalue weighted by molar-refractivity contribution is -0.274. The molecule has 0 N–H and O–H groups in total. The molecular weight excluding hydrogens is 328 g/mol. The lowest BCUT2D eigenvalue weighted by Crippen LogP contribution is -2.17. The summed E-state index contributed by atoms with van der Waals surface area (Å²) < 4.78 is 39.8. The number of carbonyl (C=O) groups is 1. The predicted octanol–water partition coefficient (Wildman–Crippen LogP) is 5.12. The molecule has 0 amide bonds. The summed E-state index contributed by atoms with van der Waals surface area (Å²) in [7, 11) is 0. The van der Waals surface area contributed by atoms with Crippen LogP contribution >= 0.6 is 23.2 Å². The Bertz CT molecular complexity index is 647. The van der Waals surface area contributed by atoms with Crippen molar-refractivity contribution in [1.29, 1.82) is 0 Å². The summed E-state index contributed by atoms with van der Waals surface area (Å²) in [6.45, 7) is 0. The Kier molecular flexibility index (Phi) is 4.44. The van der Waals surface area contributed by atoms with Gasteiger partial charge in [0, 0.05) is 21.2 Å². The highest BCUT2D eigenvalue weighted by atomic mass is 35.5. The van der Waals surface area contributed by atoms with Gasteiger partial charge in [0.1, 0.15) is 5.75 Å². The molecular formula is C14H7Cl2F3O2. The highest BCUT2D eigenvalue weighted by Crippen LogP contribution is 2.25. The maximum Gasteiger partial charge on any atom is 0.573 e. The smallest absolute Gasteiger partial charge is 0.406 e. The average molecular weight is 335 g/mol. The SMILES string of the molecule is O=C(c1ccc(OC(F)(F)F)cc1)c1cc(Cl)cc(Cl)c1. The number of carbonyl (C=O) groups excluding carboxylic acids is 1. The van der Waals surface area contributed by atoms with Gasteiger partial charge in [0.15, 0.2) is 5.78 Å². The summed E-state index contributed by atoms with van der Waals surface area (Å²) in [6, 6.07) is 8.92. The first-order chi connectivity index (χ1) is 9.74. The molecule has 0 heterocycles. The number of alkyl halides is 3. The molecule has 0 aliphatic carbocycles. The summed E-state index contributed by atoms with van der Waals surface area (Å²) in [4.78, 5) is 12.2. The van der Waals surface area contributed by atoms with Crippen LogP contribution in [-0.4, -0.2) is 12.1 Å². The molecule has 0 aliphatic rings. The van der Waals surface area contributed by atoms with E-state index in [9.17, 15) is 18.0 Å². The third-order valence-corrected chi connectivity index (χ3v) is 2.91. The number of rotatable bonds is 3. The second-order valence-corrected chi connectivity index (χ2v) is 4.93. The zero-order chi connectivity index (χ0) is 15.6. The minimum absolute atomic E-state index is 0.197. The van der Waals surface area contributed by atoms with Crippen molar-refractivity contribution < 1.29 is 22.7 Å². The minimum Gasteiger partial charge on any atom is -0.406 e. The van der Waals surface area contributed by atoms with Crippen molar-refractivity contribution in [2.24, 2.45) is 0 Å². The van der Waals surface area contributed by atoms with Gasteiger partial charge in [0.25, 0.3) is 0 Å². The van der Waals surface area contributed by atoms with Gasteiger partial charge in [0.05, 0.1) is 0 Å². The summed E-state index contributed by atoms with van der Waals surface area (Å²) in [6.07, 6.45) is -4.77. The molecule has 0 spiro atoms.